The zero-order valence-electron chi connectivity index (χ0n) is 11.7. The van der Waals surface area contributed by atoms with E-state index < -0.39 is 16.3 Å². The van der Waals surface area contributed by atoms with Gasteiger partial charge in [-0.25, -0.2) is 4.39 Å². The molecular formula is C13H15FN4O3. The highest BCUT2D eigenvalue weighted by molar-refractivity contribution is 5.66. The van der Waals surface area contributed by atoms with Crippen LogP contribution >= 0.6 is 0 Å². The van der Waals surface area contributed by atoms with Crippen LogP contribution in [0.1, 0.15) is 32.5 Å². The summed E-state index contributed by atoms with van der Waals surface area (Å²) in [6.07, 6.45) is 1.15. The summed E-state index contributed by atoms with van der Waals surface area (Å²) in [6.45, 7) is 3.76. The van der Waals surface area contributed by atoms with E-state index in [0.717, 1.165) is 18.2 Å². The Balaban J connectivity index is 2.52. The number of benzene rings is 1. The fraction of sp³-hybridized carbons (Fsp3) is 0.385. The normalized spacial score (nSPS) is 11.6. The van der Waals surface area contributed by atoms with Gasteiger partial charge in [0, 0.05) is 6.07 Å². The molecule has 7 nitrogen and oxygen atoms in total. The van der Waals surface area contributed by atoms with Crippen molar-refractivity contribution in [3.63, 3.8) is 0 Å². The Hall–Kier alpha value is -2.35. The maximum Gasteiger partial charge on any atom is 0.282 e. The number of nitrogens with zero attached hydrogens (tertiary/aromatic N) is 3. The molecule has 0 saturated heterocycles. The topological polar surface area (TPSA) is 108 Å². The summed E-state index contributed by atoms with van der Waals surface area (Å²) < 4.78 is 18.4. The zero-order valence-corrected chi connectivity index (χ0v) is 11.7. The molecule has 1 aromatic heterocycles. The van der Waals surface area contributed by atoms with Gasteiger partial charge in [0.2, 0.25) is 0 Å². The molecule has 0 bridgehead atoms. The van der Waals surface area contributed by atoms with Crippen molar-refractivity contribution in [1.29, 1.82) is 0 Å². The molecule has 112 valence electrons. The van der Waals surface area contributed by atoms with E-state index in [1.54, 1.807) is 0 Å². The third kappa shape index (κ3) is 2.75. The van der Waals surface area contributed by atoms with E-state index in [-0.39, 0.29) is 23.0 Å². The van der Waals surface area contributed by atoms with Crippen molar-refractivity contribution in [2.24, 2.45) is 5.73 Å². The van der Waals surface area contributed by atoms with Crippen LogP contribution in [0, 0.1) is 15.9 Å². The van der Waals surface area contributed by atoms with Crippen LogP contribution in [-0.4, -0.2) is 15.1 Å². The van der Waals surface area contributed by atoms with Crippen molar-refractivity contribution in [1.82, 2.24) is 10.1 Å². The molecule has 1 heterocycles. The Kier molecular flexibility index (Phi) is 3.99. The first-order valence-corrected chi connectivity index (χ1v) is 6.48. The Morgan fingerprint density at radius 3 is 2.67 bits per heavy atom. The lowest BCUT2D eigenvalue weighted by Crippen LogP contribution is -2.36. The van der Waals surface area contributed by atoms with Crippen molar-refractivity contribution in [2.45, 2.75) is 32.2 Å². The molecule has 2 rings (SSSR count). The molecular weight excluding hydrogens is 279 g/mol. The van der Waals surface area contributed by atoms with Gasteiger partial charge in [-0.05, 0) is 25.0 Å². The van der Waals surface area contributed by atoms with Crippen LogP contribution in [-0.2, 0) is 5.54 Å². The maximum absolute atomic E-state index is 13.3. The smallest absolute Gasteiger partial charge is 0.282 e. The lowest BCUT2D eigenvalue weighted by molar-refractivity contribution is -0.384. The average Bonchev–Trinajstić information content (AvgIpc) is 2.96. The molecule has 0 unspecified atom stereocenters. The lowest BCUT2D eigenvalue weighted by Gasteiger charge is -2.21. The second kappa shape index (κ2) is 5.57. The Morgan fingerprint density at radius 1 is 1.43 bits per heavy atom. The molecule has 0 fully saturated rings. The minimum Gasteiger partial charge on any atom is -0.334 e. The van der Waals surface area contributed by atoms with Crippen LogP contribution in [0.3, 0.4) is 0 Å². The van der Waals surface area contributed by atoms with Crippen molar-refractivity contribution in [2.75, 3.05) is 0 Å². The fourth-order valence-electron chi connectivity index (χ4n) is 1.94. The molecule has 0 aliphatic carbocycles. The van der Waals surface area contributed by atoms with Crippen LogP contribution in [0.5, 0.6) is 0 Å². The van der Waals surface area contributed by atoms with E-state index in [9.17, 15) is 14.5 Å². The molecule has 0 aliphatic rings. The van der Waals surface area contributed by atoms with Crippen molar-refractivity contribution in [3.05, 3.63) is 40.0 Å². The van der Waals surface area contributed by atoms with Crippen molar-refractivity contribution < 1.29 is 13.8 Å². The first-order valence-electron chi connectivity index (χ1n) is 6.48. The Morgan fingerprint density at radius 2 is 2.10 bits per heavy atom. The van der Waals surface area contributed by atoms with E-state index in [1.807, 2.05) is 13.8 Å². The van der Waals surface area contributed by atoms with Gasteiger partial charge in [-0.15, -0.1) is 0 Å². The highest BCUT2D eigenvalue weighted by Crippen LogP contribution is 2.31. The number of hydrogen-bond acceptors (Lipinski definition) is 6. The van der Waals surface area contributed by atoms with Gasteiger partial charge in [-0.1, -0.05) is 19.0 Å². The van der Waals surface area contributed by atoms with Crippen molar-refractivity contribution in [3.8, 4) is 11.5 Å². The Bertz CT molecular complexity index is 667. The number of nitro benzene ring substituents is 1. The van der Waals surface area contributed by atoms with Gasteiger partial charge in [-0.2, -0.15) is 4.98 Å². The minimum atomic E-state index is -0.774. The molecule has 1 aromatic carbocycles. The van der Waals surface area contributed by atoms with Crippen LogP contribution in [0.2, 0.25) is 0 Å². The monoisotopic (exact) mass is 294 g/mol. The molecule has 0 spiro atoms. The van der Waals surface area contributed by atoms with Gasteiger partial charge in [0.25, 0.3) is 11.6 Å². The Labute approximate surface area is 120 Å². The third-order valence-electron chi connectivity index (χ3n) is 3.52. The molecule has 2 N–H and O–H groups in total. The minimum absolute atomic E-state index is 0.0618. The number of hydrogen-bond donors (Lipinski definition) is 1. The van der Waals surface area contributed by atoms with Crippen molar-refractivity contribution >= 4 is 5.69 Å². The first kappa shape index (κ1) is 15.0. The zero-order chi connectivity index (χ0) is 15.6. The number of nitrogens with two attached hydrogens (primary N) is 1. The molecule has 0 radical (unpaired) electrons. The summed E-state index contributed by atoms with van der Waals surface area (Å²) in [4.78, 5) is 14.5. The van der Waals surface area contributed by atoms with Crippen LogP contribution in [0.4, 0.5) is 10.1 Å². The third-order valence-corrected chi connectivity index (χ3v) is 3.52. The van der Waals surface area contributed by atoms with Crippen LogP contribution < -0.4 is 5.73 Å². The second-order valence-corrected chi connectivity index (χ2v) is 4.70. The second-order valence-electron chi connectivity index (χ2n) is 4.70. The predicted molar refractivity (Wildman–Crippen MR) is 72.8 cm³/mol. The SMILES string of the molecule is CCC(N)(CC)c1noc(-c2cc(F)ccc2[N+](=O)[O-])n1. The summed E-state index contributed by atoms with van der Waals surface area (Å²) in [5.74, 6) is -0.491. The molecule has 2 aromatic rings. The van der Waals surface area contributed by atoms with Crippen LogP contribution in [0.25, 0.3) is 11.5 Å². The number of rotatable bonds is 5. The predicted octanol–water partition coefficient (Wildman–Crippen LogP) is 2.76. The van der Waals surface area contributed by atoms with Gasteiger partial charge in [0.05, 0.1) is 10.5 Å². The van der Waals surface area contributed by atoms with Crippen LogP contribution in [0.15, 0.2) is 22.7 Å². The number of halogens is 1. The molecule has 0 atom stereocenters. The summed E-state index contributed by atoms with van der Waals surface area (Å²) in [7, 11) is 0. The van der Waals surface area contributed by atoms with E-state index in [0.29, 0.717) is 12.8 Å². The molecule has 0 aliphatic heterocycles. The average molecular weight is 294 g/mol. The van der Waals surface area contributed by atoms with Gasteiger partial charge in [-0.3, -0.25) is 10.1 Å². The highest BCUT2D eigenvalue weighted by atomic mass is 19.1. The summed E-state index contributed by atoms with van der Waals surface area (Å²) >= 11 is 0. The van der Waals surface area contributed by atoms with E-state index in [2.05, 4.69) is 10.1 Å². The van der Waals surface area contributed by atoms with E-state index in [4.69, 9.17) is 10.3 Å². The van der Waals surface area contributed by atoms with Gasteiger partial charge < -0.3 is 10.3 Å². The number of aromatic nitrogens is 2. The van der Waals surface area contributed by atoms with E-state index >= 15 is 0 Å². The van der Waals surface area contributed by atoms with Gasteiger partial charge in [0.1, 0.15) is 11.4 Å². The summed E-state index contributed by atoms with van der Waals surface area (Å²) in [6, 6.07) is 3.06. The highest BCUT2D eigenvalue weighted by Gasteiger charge is 2.30. The van der Waals surface area contributed by atoms with Gasteiger partial charge in [0.15, 0.2) is 5.82 Å². The molecule has 0 amide bonds. The van der Waals surface area contributed by atoms with Gasteiger partial charge >= 0.3 is 0 Å². The first-order chi connectivity index (χ1) is 9.91. The number of nitro groups is 1. The lowest BCUT2D eigenvalue weighted by atomic mass is 9.93. The largest absolute Gasteiger partial charge is 0.334 e. The summed E-state index contributed by atoms with van der Waals surface area (Å²) in [5.41, 5.74) is 5.00. The molecule has 0 saturated carbocycles. The maximum atomic E-state index is 13.3. The molecule has 8 heteroatoms. The summed E-state index contributed by atoms with van der Waals surface area (Å²) in [5, 5.41) is 14.8. The standard InChI is InChI=1S/C13H15FN4O3/c1-3-13(15,4-2)12-16-11(21-17-12)9-7-8(14)5-6-10(9)18(19)20/h5-7H,3-4,15H2,1-2H3. The quantitative estimate of drug-likeness (QED) is 0.671. The fourth-order valence-corrected chi connectivity index (χ4v) is 1.94. The van der Waals surface area contributed by atoms with E-state index in [1.165, 1.54) is 0 Å². The molecule has 21 heavy (non-hydrogen) atoms.